The number of aromatic nitrogens is 1. The predicted molar refractivity (Wildman–Crippen MR) is 83.0 cm³/mol. The Kier molecular flexibility index (Phi) is 5.98. The van der Waals surface area contributed by atoms with Crippen LogP contribution in [0, 0.1) is 0 Å². The number of halogens is 3. The molecule has 1 aromatic carbocycles. The molecule has 0 spiro atoms. The van der Waals surface area contributed by atoms with Crippen LogP contribution in [-0.2, 0) is 24.4 Å². The van der Waals surface area contributed by atoms with Gasteiger partial charge in [-0.15, -0.1) is 0 Å². The summed E-state index contributed by atoms with van der Waals surface area (Å²) in [5.41, 5.74) is 4.12. The molecule has 140 valence electrons. The van der Waals surface area contributed by atoms with Crippen LogP contribution in [0.3, 0.4) is 0 Å². The lowest BCUT2D eigenvalue weighted by Crippen LogP contribution is -2.23. The lowest BCUT2D eigenvalue weighted by molar-refractivity contribution is -0.192. The number of carboxylic acids is 1. The van der Waals surface area contributed by atoms with E-state index in [1.54, 1.807) is 0 Å². The molecule has 10 heteroatoms. The van der Waals surface area contributed by atoms with Crippen LogP contribution in [0.25, 0.3) is 0 Å². The van der Waals surface area contributed by atoms with Gasteiger partial charge in [-0.05, 0) is 23.7 Å². The summed E-state index contributed by atoms with van der Waals surface area (Å²) in [6.45, 7) is 2.48. The lowest BCUT2D eigenvalue weighted by atomic mass is 10.1. The summed E-state index contributed by atoms with van der Waals surface area (Å²) in [6.07, 6.45) is -2.49. The molecule has 26 heavy (non-hydrogen) atoms. The average molecular weight is 371 g/mol. The zero-order valence-corrected chi connectivity index (χ0v) is 13.7. The van der Waals surface area contributed by atoms with Crippen molar-refractivity contribution in [2.24, 2.45) is 0 Å². The first-order valence-electron chi connectivity index (χ1n) is 7.42. The van der Waals surface area contributed by atoms with Crippen molar-refractivity contribution in [1.29, 1.82) is 0 Å². The molecular weight excluding hydrogens is 355 g/mol. The van der Waals surface area contributed by atoms with Crippen molar-refractivity contribution in [3.05, 3.63) is 53.2 Å². The number of amides is 1. The van der Waals surface area contributed by atoms with Crippen LogP contribution >= 0.6 is 0 Å². The second kappa shape index (κ2) is 8.00. The van der Waals surface area contributed by atoms with Crippen molar-refractivity contribution in [3.63, 3.8) is 0 Å². The molecule has 0 saturated carbocycles. The standard InChI is InChI=1S/C14H15N3O2.C2HF3O2/c1-17-6-11-3-2-10(4-12(11)7-17)5-15-14(18)13-8-19-9-16-13;3-2(4,5)1(6)7/h2-4,8-9H,5-7H2,1H3,(H,15,18);(H,6,7). The van der Waals surface area contributed by atoms with Crippen molar-refractivity contribution < 1.29 is 32.3 Å². The largest absolute Gasteiger partial charge is 0.490 e. The van der Waals surface area contributed by atoms with Crippen LogP contribution in [-0.4, -0.2) is 40.1 Å². The number of carbonyl (C=O) groups is 2. The van der Waals surface area contributed by atoms with E-state index in [0.29, 0.717) is 12.2 Å². The highest BCUT2D eigenvalue weighted by molar-refractivity contribution is 5.91. The summed E-state index contributed by atoms with van der Waals surface area (Å²) in [6, 6.07) is 6.35. The number of carboxylic acid groups (broad SMARTS) is 1. The van der Waals surface area contributed by atoms with E-state index in [1.165, 1.54) is 23.8 Å². The van der Waals surface area contributed by atoms with Gasteiger partial charge in [0.25, 0.3) is 5.91 Å². The molecule has 7 nitrogen and oxygen atoms in total. The van der Waals surface area contributed by atoms with Crippen molar-refractivity contribution >= 4 is 11.9 Å². The molecule has 1 aromatic heterocycles. The quantitative estimate of drug-likeness (QED) is 0.859. The van der Waals surface area contributed by atoms with Gasteiger partial charge in [-0.25, -0.2) is 9.78 Å². The lowest BCUT2D eigenvalue weighted by Gasteiger charge is -2.05. The molecular formula is C16H16F3N3O4. The van der Waals surface area contributed by atoms with Crippen LogP contribution in [0.2, 0.25) is 0 Å². The fourth-order valence-corrected chi connectivity index (χ4v) is 2.33. The van der Waals surface area contributed by atoms with E-state index >= 15 is 0 Å². The van der Waals surface area contributed by atoms with E-state index in [0.717, 1.165) is 18.7 Å². The normalized spacial score (nSPS) is 13.5. The Morgan fingerprint density at radius 3 is 2.54 bits per heavy atom. The molecule has 0 radical (unpaired) electrons. The number of aliphatic carboxylic acids is 1. The van der Waals surface area contributed by atoms with E-state index < -0.39 is 12.1 Å². The van der Waals surface area contributed by atoms with Gasteiger partial charge in [0.2, 0.25) is 0 Å². The minimum Gasteiger partial charge on any atom is -0.475 e. The van der Waals surface area contributed by atoms with E-state index in [2.05, 4.69) is 40.4 Å². The maximum absolute atomic E-state index is 11.7. The van der Waals surface area contributed by atoms with Crippen molar-refractivity contribution in [2.75, 3.05) is 7.05 Å². The number of benzene rings is 1. The zero-order chi connectivity index (χ0) is 19.3. The third-order valence-electron chi connectivity index (χ3n) is 3.51. The van der Waals surface area contributed by atoms with Gasteiger partial charge in [0.15, 0.2) is 12.1 Å². The van der Waals surface area contributed by atoms with Gasteiger partial charge in [-0.2, -0.15) is 13.2 Å². The number of oxazole rings is 1. The van der Waals surface area contributed by atoms with Crippen molar-refractivity contribution in [2.45, 2.75) is 25.8 Å². The van der Waals surface area contributed by atoms with Crippen LogP contribution in [0.15, 0.2) is 35.3 Å². The summed E-state index contributed by atoms with van der Waals surface area (Å²) >= 11 is 0. The number of nitrogens with one attached hydrogen (secondary N) is 1. The molecule has 0 aliphatic carbocycles. The SMILES string of the molecule is CN1Cc2ccc(CNC(=O)c3cocn3)cc2C1.O=C(O)C(F)(F)F. The molecule has 1 amide bonds. The maximum atomic E-state index is 11.7. The highest BCUT2D eigenvalue weighted by Gasteiger charge is 2.38. The summed E-state index contributed by atoms with van der Waals surface area (Å²) in [5.74, 6) is -2.97. The summed E-state index contributed by atoms with van der Waals surface area (Å²) in [4.78, 5) is 26.7. The van der Waals surface area contributed by atoms with Crippen LogP contribution < -0.4 is 5.32 Å². The Balaban J connectivity index is 0.000000298. The smallest absolute Gasteiger partial charge is 0.475 e. The molecule has 0 atom stereocenters. The van der Waals surface area contributed by atoms with E-state index in [1.807, 2.05) is 0 Å². The van der Waals surface area contributed by atoms with Crippen LogP contribution in [0.1, 0.15) is 27.2 Å². The molecule has 0 bridgehead atoms. The first kappa shape index (κ1) is 19.4. The summed E-state index contributed by atoms with van der Waals surface area (Å²) in [7, 11) is 2.10. The molecule has 0 unspecified atom stereocenters. The molecule has 1 aliphatic rings. The van der Waals surface area contributed by atoms with E-state index in [4.69, 9.17) is 14.3 Å². The Morgan fingerprint density at radius 2 is 1.96 bits per heavy atom. The van der Waals surface area contributed by atoms with Gasteiger partial charge >= 0.3 is 12.1 Å². The zero-order valence-electron chi connectivity index (χ0n) is 13.7. The van der Waals surface area contributed by atoms with Gasteiger partial charge in [-0.1, -0.05) is 18.2 Å². The Morgan fingerprint density at radius 1 is 1.31 bits per heavy atom. The minimum atomic E-state index is -5.08. The number of fused-ring (bicyclic) bond motifs is 1. The van der Waals surface area contributed by atoms with Crippen LogP contribution in [0.4, 0.5) is 13.2 Å². The fourth-order valence-electron chi connectivity index (χ4n) is 2.33. The van der Waals surface area contributed by atoms with Crippen molar-refractivity contribution in [3.8, 4) is 0 Å². The second-order valence-electron chi connectivity index (χ2n) is 5.63. The topological polar surface area (TPSA) is 95.7 Å². The molecule has 2 heterocycles. The highest BCUT2D eigenvalue weighted by atomic mass is 19.4. The first-order chi connectivity index (χ1) is 12.2. The number of carbonyl (C=O) groups excluding carboxylic acids is 1. The Labute approximate surface area is 146 Å². The van der Waals surface area contributed by atoms with Crippen molar-refractivity contribution in [1.82, 2.24) is 15.2 Å². The molecule has 3 rings (SSSR count). The molecule has 2 N–H and O–H groups in total. The number of nitrogens with zero attached hydrogens (tertiary/aromatic N) is 2. The van der Waals surface area contributed by atoms with Gasteiger partial charge in [-0.3, -0.25) is 9.69 Å². The third kappa shape index (κ3) is 5.31. The number of hydrogen-bond acceptors (Lipinski definition) is 5. The van der Waals surface area contributed by atoms with E-state index in [9.17, 15) is 18.0 Å². The Hall–Kier alpha value is -2.88. The highest BCUT2D eigenvalue weighted by Crippen LogP contribution is 2.22. The molecule has 0 fully saturated rings. The summed E-state index contributed by atoms with van der Waals surface area (Å²) in [5, 5.41) is 9.95. The minimum absolute atomic E-state index is 0.216. The van der Waals surface area contributed by atoms with Gasteiger partial charge in [0.1, 0.15) is 6.26 Å². The van der Waals surface area contributed by atoms with Gasteiger partial charge in [0.05, 0.1) is 0 Å². The van der Waals surface area contributed by atoms with Crippen LogP contribution in [0.5, 0.6) is 0 Å². The Bertz CT molecular complexity index is 776. The molecule has 0 saturated heterocycles. The second-order valence-corrected chi connectivity index (χ2v) is 5.63. The predicted octanol–water partition coefficient (Wildman–Crippen LogP) is 2.18. The van der Waals surface area contributed by atoms with Gasteiger partial charge < -0.3 is 14.8 Å². The number of hydrogen-bond donors (Lipinski definition) is 2. The number of rotatable bonds is 3. The van der Waals surface area contributed by atoms with Gasteiger partial charge in [0, 0.05) is 19.6 Å². The average Bonchev–Trinajstić information content (AvgIpc) is 3.20. The molecule has 1 aliphatic heterocycles. The monoisotopic (exact) mass is 371 g/mol. The fraction of sp³-hybridized carbons (Fsp3) is 0.312. The third-order valence-corrected chi connectivity index (χ3v) is 3.51. The maximum Gasteiger partial charge on any atom is 0.490 e. The molecule has 2 aromatic rings. The first-order valence-corrected chi connectivity index (χ1v) is 7.42. The number of alkyl halides is 3. The summed E-state index contributed by atoms with van der Waals surface area (Å²) < 4.78 is 36.5. The van der Waals surface area contributed by atoms with E-state index in [-0.39, 0.29) is 5.91 Å².